The highest BCUT2D eigenvalue weighted by atomic mass is 35.5. The summed E-state index contributed by atoms with van der Waals surface area (Å²) in [6.45, 7) is 0.920. The molecule has 2 unspecified atom stereocenters. The summed E-state index contributed by atoms with van der Waals surface area (Å²) < 4.78 is 0. The monoisotopic (exact) mass is 319 g/mol. The van der Waals surface area contributed by atoms with Gasteiger partial charge in [-0.3, -0.25) is 0 Å². The predicted octanol–water partition coefficient (Wildman–Crippen LogP) is 5.42. The van der Waals surface area contributed by atoms with Crippen LogP contribution in [0.5, 0.6) is 0 Å². The fraction of sp³-hybridized carbons (Fsp3) is 0.333. The Bertz CT molecular complexity index is 597. The maximum absolute atomic E-state index is 6.16. The first kappa shape index (κ1) is 14.9. The predicted molar refractivity (Wildman–Crippen MR) is 90.1 cm³/mol. The Morgan fingerprint density at radius 3 is 2.52 bits per heavy atom. The summed E-state index contributed by atoms with van der Waals surface area (Å²) in [5.74, 6) is 0.531. The van der Waals surface area contributed by atoms with Crippen LogP contribution in [0.2, 0.25) is 10.0 Å². The minimum Gasteiger partial charge on any atom is -0.309 e. The second kappa shape index (κ2) is 6.83. The summed E-state index contributed by atoms with van der Waals surface area (Å²) in [5, 5.41) is 4.99. The zero-order valence-corrected chi connectivity index (χ0v) is 13.4. The molecule has 1 aliphatic rings. The van der Waals surface area contributed by atoms with Gasteiger partial charge in [0.05, 0.1) is 10.0 Å². The molecule has 3 rings (SSSR count). The van der Waals surface area contributed by atoms with Crippen LogP contribution >= 0.6 is 23.2 Å². The molecule has 21 heavy (non-hydrogen) atoms. The van der Waals surface area contributed by atoms with Crippen molar-refractivity contribution in [1.29, 1.82) is 0 Å². The van der Waals surface area contributed by atoms with Crippen molar-refractivity contribution in [3.63, 3.8) is 0 Å². The first-order chi connectivity index (χ1) is 10.2. The van der Waals surface area contributed by atoms with Crippen LogP contribution in [0.4, 0.5) is 0 Å². The van der Waals surface area contributed by atoms with E-state index < -0.39 is 0 Å². The molecule has 110 valence electrons. The van der Waals surface area contributed by atoms with Crippen molar-refractivity contribution in [2.75, 3.05) is 0 Å². The fourth-order valence-corrected chi connectivity index (χ4v) is 3.50. The summed E-state index contributed by atoms with van der Waals surface area (Å²) in [6.07, 6.45) is 3.69. The van der Waals surface area contributed by atoms with Crippen molar-refractivity contribution in [2.24, 2.45) is 0 Å². The van der Waals surface area contributed by atoms with Gasteiger partial charge in [0.25, 0.3) is 0 Å². The highest BCUT2D eigenvalue weighted by molar-refractivity contribution is 6.42. The fourth-order valence-electron chi connectivity index (χ4n) is 3.19. The van der Waals surface area contributed by atoms with Gasteiger partial charge in [-0.1, -0.05) is 66.0 Å². The second-order valence-electron chi connectivity index (χ2n) is 5.68. The number of hydrogen-bond donors (Lipinski definition) is 1. The molecular weight excluding hydrogens is 301 g/mol. The van der Waals surface area contributed by atoms with Crippen molar-refractivity contribution in [1.82, 2.24) is 5.32 Å². The van der Waals surface area contributed by atoms with Gasteiger partial charge in [0, 0.05) is 12.6 Å². The van der Waals surface area contributed by atoms with E-state index in [0.717, 1.165) is 6.54 Å². The maximum atomic E-state index is 6.16. The molecule has 1 fully saturated rings. The summed E-state index contributed by atoms with van der Waals surface area (Å²) in [6, 6.07) is 17.1. The summed E-state index contributed by atoms with van der Waals surface area (Å²) in [7, 11) is 0. The van der Waals surface area contributed by atoms with Gasteiger partial charge < -0.3 is 5.32 Å². The molecule has 0 aromatic heterocycles. The normalized spacial score (nSPS) is 21.6. The molecule has 0 amide bonds. The van der Waals surface area contributed by atoms with Gasteiger partial charge in [-0.05, 0) is 42.0 Å². The lowest BCUT2D eigenvalue weighted by atomic mass is 9.94. The van der Waals surface area contributed by atoms with Crippen LogP contribution in [0, 0.1) is 0 Å². The minimum absolute atomic E-state index is 0.516. The Labute approximate surface area is 136 Å². The topological polar surface area (TPSA) is 12.0 Å². The lowest BCUT2D eigenvalue weighted by molar-refractivity contribution is 0.478. The van der Waals surface area contributed by atoms with E-state index in [-0.39, 0.29) is 0 Å². The minimum atomic E-state index is 0.516. The number of benzene rings is 2. The van der Waals surface area contributed by atoms with Crippen LogP contribution in [-0.4, -0.2) is 6.04 Å². The zero-order chi connectivity index (χ0) is 14.7. The molecule has 2 aromatic rings. The molecule has 0 bridgehead atoms. The van der Waals surface area contributed by atoms with Crippen molar-refractivity contribution >= 4 is 23.2 Å². The van der Waals surface area contributed by atoms with Gasteiger partial charge in [0.15, 0.2) is 0 Å². The maximum Gasteiger partial charge on any atom is 0.0595 e. The Hall–Kier alpha value is -1.02. The smallest absolute Gasteiger partial charge is 0.0595 e. The van der Waals surface area contributed by atoms with E-state index in [1.54, 1.807) is 0 Å². The van der Waals surface area contributed by atoms with Gasteiger partial charge >= 0.3 is 0 Å². The molecule has 0 heterocycles. The van der Waals surface area contributed by atoms with Crippen LogP contribution in [-0.2, 0) is 6.54 Å². The Morgan fingerprint density at radius 1 is 0.952 bits per heavy atom. The van der Waals surface area contributed by atoms with E-state index in [4.69, 9.17) is 23.2 Å². The highest BCUT2D eigenvalue weighted by Crippen LogP contribution is 2.37. The molecule has 2 atom stereocenters. The van der Waals surface area contributed by atoms with Gasteiger partial charge in [-0.25, -0.2) is 0 Å². The molecule has 1 N–H and O–H groups in total. The largest absolute Gasteiger partial charge is 0.309 e. The number of halogens is 2. The van der Waals surface area contributed by atoms with Gasteiger partial charge in [0.2, 0.25) is 0 Å². The zero-order valence-electron chi connectivity index (χ0n) is 11.9. The quantitative estimate of drug-likeness (QED) is 0.793. The Balaban J connectivity index is 1.69. The summed E-state index contributed by atoms with van der Waals surface area (Å²) in [4.78, 5) is 0. The summed E-state index contributed by atoms with van der Waals surface area (Å²) >= 11 is 12.2. The van der Waals surface area contributed by atoms with E-state index in [2.05, 4.69) is 41.7 Å². The first-order valence-electron chi connectivity index (χ1n) is 7.46. The lowest BCUT2D eigenvalue weighted by Gasteiger charge is -2.22. The van der Waals surface area contributed by atoms with Gasteiger partial charge in [0.1, 0.15) is 0 Å². The molecule has 2 aromatic carbocycles. The first-order valence-corrected chi connectivity index (χ1v) is 8.22. The number of hydrogen-bond acceptors (Lipinski definition) is 1. The Kier molecular flexibility index (Phi) is 4.84. The van der Waals surface area contributed by atoms with Crippen molar-refractivity contribution < 1.29 is 0 Å². The van der Waals surface area contributed by atoms with E-state index in [9.17, 15) is 0 Å². The van der Waals surface area contributed by atoms with Crippen LogP contribution in [0.25, 0.3) is 0 Å². The molecular formula is C18H19Cl2N. The molecule has 1 aliphatic carbocycles. The number of nitrogens with one attached hydrogen (secondary N) is 1. The van der Waals surface area contributed by atoms with Gasteiger partial charge in [-0.2, -0.15) is 0 Å². The molecule has 1 nitrogen and oxygen atoms in total. The standard InChI is InChI=1S/C18H19Cl2N/c19-16-10-9-14(11-17(16)20)15-7-4-8-18(15)21-12-13-5-2-1-3-6-13/h1-3,5-6,9-11,15,18,21H,4,7-8,12H2. The average Bonchev–Trinajstić information content (AvgIpc) is 2.97. The molecule has 3 heteroatoms. The van der Waals surface area contributed by atoms with Crippen LogP contribution in [0.1, 0.15) is 36.3 Å². The van der Waals surface area contributed by atoms with E-state index in [0.29, 0.717) is 22.0 Å². The van der Waals surface area contributed by atoms with Crippen molar-refractivity contribution in [3.05, 3.63) is 69.7 Å². The highest BCUT2D eigenvalue weighted by Gasteiger charge is 2.28. The third-order valence-corrected chi connectivity index (χ3v) is 5.04. The lowest BCUT2D eigenvalue weighted by Crippen LogP contribution is -2.30. The number of rotatable bonds is 4. The summed E-state index contributed by atoms with van der Waals surface area (Å²) in [5.41, 5.74) is 2.63. The average molecular weight is 320 g/mol. The molecule has 0 spiro atoms. The van der Waals surface area contributed by atoms with Crippen molar-refractivity contribution in [2.45, 2.75) is 37.8 Å². The van der Waals surface area contributed by atoms with Crippen LogP contribution < -0.4 is 5.32 Å². The molecule has 0 radical (unpaired) electrons. The Morgan fingerprint density at radius 2 is 1.76 bits per heavy atom. The van der Waals surface area contributed by atoms with E-state index in [1.807, 2.05) is 12.1 Å². The van der Waals surface area contributed by atoms with Crippen LogP contribution in [0.15, 0.2) is 48.5 Å². The third-order valence-electron chi connectivity index (χ3n) is 4.30. The molecule has 1 saturated carbocycles. The molecule has 0 aliphatic heterocycles. The van der Waals surface area contributed by atoms with Gasteiger partial charge in [-0.15, -0.1) is 0 Å². The van der Waals surface area contributed by atoms with E-state index in [1.165, 1.54) is 30.4 Å². The second-order valence-corrected chi connectivity index (χ2v) is 6.50. The molecule has 0 saturated heterocycles. The van der Waals surface area contributed by atoms with Crippen molar-refractivity contribution in [3.8, 4) is 0 Å². The third kappa shape index (κ3) is 3.60. The van der Waals surface area contributed by atoms with E-state index >= 15 is 0 Å². The van der Waals surface area contributed by atoms with Crippen LogP contribution in [0.3, 0.4) is 0 Å². The SMILES string of the molecule is Clc1ccc(C2CCCC2NCc2ccccc2)cc1Cl.